The molecule has 0 unspecified atom stereocenters. The highest BCUT2D eigenvalue weighted by molar-refractivity contribution is 5.84. The van der Waals surface area contributed by atoms with Crippen LogP contribution in [0.4, 0.5) is 5.82 Å². The molecule has 27 heavy (non-hydrogen) atoms. The third kappa shape index (κ3) is 2.83. The van der Waals surface area contributed by atoms with Gasteiger partial charge in [0.15, 0.2) is 0 Å². The van der Waals surface area contributed by atoms with E-state index < -0.39 is 0 Å². The van der Waals surface area contributed by atoms with Gasteiger partial charge in [-0.15, -0.1) is 0 Å². The van der Waals surface area contributed by atoms with Gasteiger partial charge in [0.2, 0.25) is 0 Å². The lowest BCUT2D eigenvalue weighted by molar-refractivity contribution is 0.768. The van der Waals surface area contributed by atoms with E-state index in [1.165, 1.54) is 0 Å². The topological polar surface area (TPSA) is 98.3 Å². The van der Waals surface area contributed by atoms with Gasteiger partial charge in [-0.3, -0.25) is 4.68 Å². The first-order valence-electron chi connectivity index (χ1n) is 8.38. The Hall–Kier alpha value is -3.92. The Kier molecular flexibility index (Phi) is 3.94. The van der Waals surface area contributed by atoms with Crippen LogP contribution in [0, 0.1) is 18.3 Å². The van der Waals surface area contributed by atoms with Crippen LogP contribution in [0.3, 0.4) is 0 Å². The van der Waals surface area contributed by atoms with Crippen LogP contribution in [0.5, 0.6) is 0 Å². The fourth-order valence-corrected chi connectivity index (χ4v) is 3.22. The number of benzene rings is 1. The Balaban J connectivity index is 1.96. The lowest BCUT2D eigenvalue weighted by Gasteiger charge is -2.15. The summed E-state index contributed by atoms with van der Waals surface area (Å²) in [5, 5.41) is 18.2. The molecule has 4 aromatic rings. The molecule has 2 N–H and O–H groups in total. The smallest absolute Gasteiger partial charge is 0.142 e. The van der Waals surface area contributed by atoms with E-state index in [9.17, 15) is 5.26 Å². The van der Waals surface area contributed by atoms with Crippen molar-refractivity contribution in [3.05, 3.63) is 66.2 Å². The Morgan fingerprint density at radius 3 is 2.67 bits per heavy atom. The molecule has 0 amide bonds. The van der Waals surface area contributed by atoms with Crippen LogP contribution in [0.15, 0.2) is 55.1 Å². The number of aryl methyl sites for hydroxylation is 1. The maximum absolute atomic E-state index is 9.70. The lowest BCUT2D eigenvalue weighted by atomic mass is 9.93. The third-order valence-electron chi connectivity index (χ3n) is 4.46. The molecule has 0 aliphatic carbocycles. The van der Waals surface area contributed by atoms with Crippen molar-refractivity contribution in [3.8, 4) is 34.1 Å². The number of aromatic nitrogens is 5. The lowest BCUT2D eigenvalue weighted by Crippen LogP contribution is -2.03. The van der Waals surface area contributed by atoms with E-state index in [0.29, 0.717) is 5.56 Å². The van der Waals surface area contributed by atoms with Gasteiger partial charge in [0.25, 0.3) is 0 Å². The van der Waals surface area contributed by atoms with E-state index in [4.69, 9.17) is 5.73 Å². The molecule has 0 aliphatic rings. The van der Waals surface area contributed by atoms with Gasteiger partial charge in [-0.05, 0) is 36.2 Å². The van der Waals surface area contributed by atoms with Gasteiger partial charge in [-0.1, -0.05) is 12.1 Å². The first-order valence-corrected chi connectivity index (χ1v) is 8.38. The number of pyridine rings is 1. The summed E-state index contributed by atoms with van der Waals surface area (Å²) in [6.45, 7) is 1.95. The van der Waals surface area contributed by atoms with Crippen LogP contribution in [0.2, 0.25) is 0 Å². The summed E-state index contributed by atoms with van der Waals surface area (Å²) in [5.41, 5.74) is 11.5. The molecule has 0 radical (unpaired) electrons. The maximum Gasteiger partial charge on any atom is 0.142 e. The van der Waals surface area contributed by atoms with E-state index in [2.05, 4.69) is 21.3 Å². The number of nitrogen functional groups attached to an aromatic ring is 1. The van der Waals surface area contributed by atoms with Crippen molar-refractivity contribution >= 4 is 5.82 Å². The SMILES string of the molecule is Cc1c(-c2cnn(C)c2)nc(N)c(C#N)c1-c1cccc(-n2cccn2)c1. The summed E-state index contributed by atoms with van der Waals surface area (Å²) in [4.78, 5) is 4.47. The standard InChI is InChI=1S/C20H17N7/c1-13-18(14-5-3-6-16(9-14)27-8-4-7-23-27)17(10-21)20(22)25-19(13)15-11-24-26(2)12-15/h3-9,11-12H,1-2H3,(H2,22,25). The van der Waals surface area contributed by atoms with E-state index >= 15 is 0 Å². The predicted octanol–water partition coefficient (Wildman–Crippen LogP) is 3.10. The normalized spacial score (nSPS) is 10.7. The Bertz CT molecular complexity index is 1160. The average Bonchev–Trinajstić information content (AvgIpc) is 3.35. The number of nitrogens with two attached hydrogens (primary N) is 1. The summed E-state index contributed by atoms with van der Waals surface area (Å²) in [7, 11) is 1.85. The molecular formula is C20H17N7. The Morgan fingerprint density at radius 2 is 2.00 bits per heavy atom. The minimum absolute atomic E-state index is 0.210. The molecule has 7 heteroatoms. The zero-order chi connectivity index (χ0) is 19.0. The van der Waals surface area contributed by atoms with E-state index in [1.54, 1.807) is 21.8 Å². The second-order valence-electron chi connectivity index (χ2n) is 6.24. The van der Waals surface area contributed by atoms with Crippen LogP contribution in [-0.4, -0.2) is 24.5 Å². The zero-order valence-electron chi connectivity index (χ0n) is 15.0. The number of nitrogens with zero attached hydrogens (tertiary/aromatic N) is 6. The van der Waals surface area contributed by atoms with Crippen molar-refractivity contribution in [1.82, 2.24) is 24.5 Å². The molecule has 3 aromatic heterocycles. The van der Waals surface area contributed by atoms with E-state index in [0.717, 1.165) is 33.6 Å². The van der Waals surface area contributed by atoms with E-state index in [-0.39, 0.29) is 5.82 Å². The molecule has 0 spiro atoms. The van der Waals surface area contributed by atoms with Crippen molar-refractivity contribution < 1.29 is 0 Å². The molecule has 0 atom stereocenters. The number of hydrogen-bond acceptors (Lipinski definition) is 5. The minimum atomic E-state index is 0.210. The minimum Gasteiger partial charge on any atom is -0.383 e. The summed E-state index contributed by atoms with van der Waals surface area (Å²) in [6.07, 6.45) is 7.22. The summed E-state index contributed by atoms with van der Waals surface area (Å²) >= 11 is 0. The molecule has 0 aliphatic heterocycles. The van der Waals surface area contributed by atoms with Gasteiger partial charge in [0, 0.05) is 36.8 Å². The Labute approximate surface area is 156 Å². The monoisotopic (exact) mass is 355 g/mol. The number of nitriles is 1. The van der Waals surface area contributed by atoms with Crippen molar-refractivity contribution in [3.63, 3.8) is 0 Å². The number of hydrogen-bond donors (Lipinski definition) is 1. The van der Waals surface area contributed by atoms with Crippen LogP contribution >= 0.6 is 0 Å². The average molecular weight is 355 g/mol. The van der Waals surface area contributed by atoms with Crippen molar-refractivity contribution in [2.24, 2.45) is 7.05 Å². The summed E-state index contributed by atoms with van der Waals surface area (Å²) in [5.74, 6) is 0.210. The molecule has 4 rings (SSSR count). The fourth-order valence-electron chi connectivity index (χ4n) is 3.22. The summed E-state index contributed by atoms with van der Waals surface area (Å²) < 4.78 is 3.49. The molecule has 0 fully saturated rings. The van der Waals surface area contributed by atoms with E-state index in [1.807, 2.05) is 56.7 Å². The molecule has 0 saturated carbocycles. The van der Waals surface area contributed by atoms with Crippen LogP contribution in [-0.2, 0) is 7.05 Å². The highest BCUT2D eigenvalue weighted by Crippen LogP contribution is 2.36. The van der Waals surface area contributed by atoms with Gasteiger partial charge in [0.1, 0.15) is 17.5 Å². The molecule has 3 heterocycles. The van der Waals surface area contributed by atoms with Gasteiger partial charge < -0.3 is 5.73 Å². The number of rotatable bonds is 3. The maximum atomic E-state index is 9.70. The molecule has 0 bridgehead atoms. The fraction of sp³-hybridized carbons (Fsp3) is 0.100. The molecule has 1 aromatic carbocycles. The molecule has 0 saturated heterocycles. The third-order valence-corrected chi connectivity index (χ3v) is 4.46. The first kappa shape index (κ1) is 16.5. The van der Waals surface area contributed by atoms with Crippen LogP contribution < -0.4 is 5.73 Å². The number of anilines is 1. The van der Waals surface area contributed by atoms with Crippen LogP contribution in [0.1, 0.15) is 11.1 Å². The van der Waals surface area contributed by atoms with Crippen molar-refractivity contribution in [2.75, 3.05) is 5.73 Å². The van der Waals surface area contributed by atoms with Crippen LogP contribution in [0.25, 0.3) is 28.1 Å². The molecule has 132 valence electrons. The highest BCUT2D eigenvalue weighted by Gasteiger charge is 2.19. The second kappa shape index (κ2) is 6.42. The summed E-state index contributed by atoms with van der Waals surface area (Å²) in [6, 6.07) is 11.9. The quantitative estimate of drug-likeness (QED) is 0.609. The van der Waals surface area contributed by atoms with Crippen molar-refractivity contribution in [2.45, 2.75) is 6.92 Å². The Morgan fingerprint density at radius 1 is 1.15 bits per heavy atom. The highest BCUT2D eigenvalue weighted by atomic mass is 15.3. The van der Waals surface area contributed by atoms with Gasteiger partial charge in [0.05, 0.1) is 17.6 Å². The zero-order valence-corrected chi connectivity index (χ0v) is 15.0. The van der Waals surface area contributed by atoms with Gasteiger partial charge >= 0.3 is 0 Å². The van der Waals surface area contributed by atoms with Gasteiger partial charge in [-0.25, -0.2) is 9.67 Å². The van der Waals surface area contributed by atoms with Crippen molar-refractivity contribution in [1.29, 1.82) is 5.26 Å². The first-order chi connectivity index (χ1) is 13.1. The van der Waals surface area contributed by atoms with Gasteiger partial charge in [-0.2, -0.15) is 15.5 Å². The molecular weight excluding hydrogens is 338 g/mol. The second-order valence-corrected chi connectivity index (χ2v) is 6.24. The predicted molar refractivity (Wildman–Crippen MR) is 103 cm³/mol. The largest absolute Gasteiger partial charge is 0.383 e. The molecule has 7 nitrogen and oxygen atoms in total.